The molecule has 0 N–H and O–H groups in total. The standard InChI is InChI=1S/C13H11NO/c1-2-14-12(10-15)8-9-13(14)11-6-4-3-5-7-11/h2-10H,1H2. The number of aldehydes is 1. The van der Waals surface area contributed by atoms with E-state index in [1.165, 1.54) is 0 Å². The largest absolute Gasteiger partial charge is 0.314 e. The Morgan fingerprint density at radius 3 is 2.40 bits per heavy atom. The molecule has 1 aromatic heterocycles. The van der Waals surface area contributed by atoms with E-state index in [4.69, 9.17) is 0 Å². The maximum absolute atomic E-state index is 10.8. The average molecular weight is 197 g/mol. The molecular weight excluding hydrogens is 186 g/mol. The molecule has 1 aromatic carbocycles. The molecule has 0 spiro atoms. The Balaban J connectivity index is 2.59. The van der Waals surface area contributed by atoms with Gasteiger partial charge in [0.15, 0.2) is 6.29 Å². The van der Waals surface area contributed by atoms with Gasteiger partial charge in [0.25, 0.3) is 0 Å². The van der Waals surface area contributed by atoms with E-state index in [-0.39, 0.29) is 0 Å². The maximum atomic E-state index is 10.8. The van der Waals surface area contributed by atoms with Crippen molar-refractivity contribution in [3.05, 3.63) is 54.7 Å². The van der Waals surface area contributed by atoms with Gasteiger partial charge >= 0.3 is 0 Å². The lowest BCUT2D eigenvalue weighted by molar-refractivity contribution is 0.111. The van der Waals surface area contributed by atoms with Gasteiger partial charge in [0, 0.05) is 6.20 Å². The number of carbonyl (C=O) groups is 1. The predicted molar refractivity (Wildman–Crippen MR) is 61.6 cm³/mol. The normalized spacial score (nSPS) is 9.87. The van der Waals surface area contributed by atoms with E-state index in [0.29, 0.717) is 5.69 Å². The first kappa shape index (κ1) is 9.46. The molecular formula is C13H11NO. The lowest BCUT2D eigenvalue weighted by atomic mass is 10.1. The highest BCUT2D eigenvalue weighted by Crippen LogP contribution is 2.21. The van der Waals surface area contributed by atoms with Gasteiger partial charge < -0.3 is 4.57 Å². The quantitative estimate of drug-likeness (QED) is 0.693. The molecule has 0 aliphatic carbocycles. The van der Waals surface area contributed by atoms with Crippen LogP contribution in [0.1, 0.15) is 10.5 Å². The Morgan fingerprint density at radius 2 is 1.80 bits per heavy atom. The minimum absolute atomic E-state index is 0.615. The smallest absolute Gasteiger partial charge is 0.166 e. The van der Waals surface area contributed by atoms with Crippen LogP contribution >= 0.6 is 0 Å². The van der Waals surface area contributed by atoms with Crippen LogP contribution < -0.4 is 0 Å². The third-order valence-electron chi connectivity index (χ3n) is 2.32. The summed E-state index contributed by atoms with van der Waals surface area (Å²) in [6.07, 6.45) is 2.47. The van der Waals surface area contributed by atoms with Crippen molar-refractivity contribution in [2.24, 2.45) is 0 Å². The minimum Gasteiger partial charge on any atom is -0.314 e. The molecule has 2 heteroatoms. The second-order valence-corrected chi connectivity index (χ2v) is 3.18. The predicted octanol–water partition coefficient (Wildman–Crippen LogP) is 3.07. The number of nitrogens with zero attached hydrogens (tertiary/aromatic N) is 1. The number of carbonyl (C=O) groups excluding carboxylic acids is 1. The second-order valence-electron chi connectivity index (χ2n) is 3.18. The van der Waals surface area contributed by atoms with Crippen LogP contribution in [0.5, 0.6) is 0 Å². The highest BCUT2D eigenvalue weighted by molar-refractivity contribution is 5.78. The molecule has 2 nitrogen and oxygen atoms in total. The first-order chi connectivity index (χ1) is 7.36. The second kappa shape index (κ2) is 3.96. The van der Waals surface area contributed by atoms with Crippen LogP contribution in [0, 0.1) is 0 Å². The van der Waals surface area contributed by atoms with Crippen LogP contribution in [0.2, 0.25) is 0 Å². The van der Waals surface area contributed by atoms with Crippen LogP contribution in [0.15, 0.2) is 49.0 Å². The Bertz CT molecular complexity index is 482. The molecule has 0 radical (unpaired) electrons. The summed E-state index contributed by atoms with van der Waals surface area (Å²) < 4.78 is 1.78. The van der Waals surface area contributed by atoms with Gasteiger partial charge in [-0.15, -0.1) is 0 Å². The van der Waals surface area contributed by atoms with Gasteiger partial charge in [-0.1, -0.05) is 36.9 Å². The van der Waals surface area contributed by atoms with Crippen LogP contribution in [0.25, 0.3) is 17.5 Å². The topological polar surface area (TPSA) is 22.0 Å². The van der Waals surface area contributed by atoms with Crippen molar-refractivity contribution in [3.8, 4) is 11.3 Å². The summed E-state index contributed by atoms with van der Waals surface area (Å²) in [4.78, 5) is 10.8. The minimum atomic E-state index is 0.615. The monoisotopic (exact) mass is 197 g/mol. The van der Waals surface area contributed by atoms with Crippen molar-refractivity contribution < 1.29 is 4.79 Å². The highest BCUT2D eigenvalue weighted by atomic mass is 16.1. The zero-order chi connectivity index (χ0) is 10.7. The number of aromatic nitrogens is 1. The molecule has 0 saturated heterocycles. The van der Waals surface area contributed by atoms with Crippen LogP contribution in [0.3, 0.4) is 0 Å². The van der Waals surface area contributed by atoms with Crippen LogP contribution in [0.4, 0.5) is 0 Å². The van der Waals surface area contributed by atoms with E-state index >= 15 is 0 Å². The van der Waals surface area contributed by atoms with E-state index < -0.39 is 0 Å². The summed E-state index contributed by atoms with van der Waals surface area (Å²) in [6, 6.07) is 13.6. The first-order valence-electron chi connectivity index (χ1n) is 4.71. The van der Waals surface area contributed by atoms with E-state index in [1.807, 2.05) is 36.4 Å². The third-order valence-corrected chi connectivity index (χ3v) is 2.32. The van der Waals surface area contributed by atoms with Crippen molar-refractivity contribution in [3.63, 3.8) is 0 Å². The van der Waals surface area contributed by atoms with Gasteiger partial charge in [0.2, 0.25) is 0 Å². The fraction of sp³-hybridized carbons (Fsp3) is 0. The number of hydrogen-bond donors (Lipinski definition) is 0. The number of hydrogen-bond acceptors (Lipinski definition) is 1. The molecule has 0 saturated carbocycles. The Kier molecular flexibility index (Phi) is 2.50. The molecule has 15 heavy (non-hydrogen) atoms. The zero-order valence-corrected chi connectivity index (χ0v) is 8.26. The van der Waals surface area contributed by atoms with Crippen molar-refractivity contribution in [1.29, 1.82) is 0 Å². The van der Waals surface area contributed by atoms with Gasteiger partial charge in [-0.05, 0) is 17.7 Å². The molecule has 74 valence electrons. The van der Waals surface area contributed by atoms with Gasteiger partial charge in [-0.3, -0.25) is 4.79 Å². The van der Waals surface area contributed by atoms with Gasteiger partial charge in [0.05, 0.1) is 11.4 Å². The molecule has 0 unspecified atom stereocenters. The van der Waals surface area contributed by atoms with Gasteiger partial charge in [-0.2, -0.15) is 0 Å². The zero-order valence-electron chi connectivity index (χ0n) is 8.26. The molecule has 0 aliphatic rings. The number of rotatable bonds is 3. The summed E-state index contributed by atoms with van der Waals surface area (Å²) >= 11 is 0. The summed E-state index contributed by atoms with van der Waals surface area (Å²) in [7, 11) is 0. The lowest BCUT2D eigenvalue weighted by Crippen LogP contribution is -1.94. The molecule has 0 fully saturated rings. The van der Waals surface area contributed by atoms with Gasteiger partial charge in [0.1, 0.15) is 0 Å². The summed E-state index contributed by atoms with van der Waals surface area (Å²) in [5.74, 6) is 0. The van der Waals surface area contributed by atoms with Crippen molar-refractivity contribution >= 4 is 12.5 Å². The highest BCUT2D eigenvalue weighted by Gasteiger charge is 2.05. The molecule has 0 atom stereocenters. The Labute approximate surface area is 88.5 Å². The van der Waals surface area contributed by atoms with E-state index in [2.05, 4.69) is 6.58 Å². The summed E-state index contributed by atoms with van der Waals surface area (Å²) in [6.45, 7) is 3.70. The summed E-state index contributed by atoms with van der Waals surface area (Å²) in [5.41, 5.74) is 2.67. The van der Waals surface area contributed by atoms with E-state index in [1.54, 1.807) is 16.8 Å². The Hall–Kier alpha value is -2.09. The maximum Gasteiger partial charge on any atom is 0.166 e. The molecule has 0 aliphatic heterocycles. The van der Waals surface area contributed by atoms with Gasteiger partial charge in [-0.25, -0.2) is 0 Å². The van der Waals surface area contributed by atoms with Crippen molar-refractivity contribution in [2.45, 2.75) is 0 Å². The lowest BCUT2D eigenvalue weighted by Gasteiger charge is -2.04. The molecule has 2 aromatic rings. The molecule has 1 heterocycles. The molecule has 0 amide bonds. The first-order valence-corrected chi connectivity index (χ1v) is 4.71. The van der Waals surface area contributed by atoms with E-state index in [9.17, 15) is 4.79 Å². The molecule has 0 bridgehead atoms. The van der Waals surface area contributed by atoms with E-state index in [0.717, 1.165) is 17.5 Å². The fourth-order valence-corrected chi connectivity index (χ4v) is 1.61. The molecule has 2 rings (SSSR count). The SMILES string of the molecule is C=Cn1c(C=O)ccc1-c1ccccc1. The van der Waals surface area contributed by atoms with Crippen molar-refractivity contribution in [2.75, 3.05) is 0 Å². The number of benzene rings is 1. The summed E-state index contributed by atoms with van der Waals surface area (Å²) in [5, 5.41) is 0. The van der Waals surface area contributed by atoms with Crippen molar-refractivity contribution in [1.82, 2.24) is 4.57 Å². The van der Waals surface area contributed by atoms with Crippen LogP contribution in [-0.2, 0) is 0 Å². The Morgan fingerprint density at radius 1 is 1.07 bits per heavy atom. The fourth-order valence-electron chi connectivity index (χ4n) is 1.61. The van der Waals surface area contributed by atoms with Crippen LogP contribution in [-0.4, -0.2) is 10.9 Å². The average Bonchev–Trinajstić information content (AvgIpc) is 2.72. The third kappa shape index (κ3) is 1.62.